The van der Waals surface area contributed by atoms with Gasteiger partial charge in [-0.1, -0.05) is 12.6 Å². The number of hydrogen-bond acceptors (Lipinski definition) is 4. The number of morpholine rings is 1. The van der Waals surface area contributed by atoms with Crippen LogP contribution in [0.5, 0.6) is 0 Å². The highest BCUT2D eigenvalue weighted by molar-refractivity contribution is 6.03. The summed E-state index contributed by atoms with van der Waals surface area (Å²) < 4.78 is 22.1. The van der Waals surface area contributed by atoms with E-state index in [-0.39, 0.29) is 5.82 Å². The van der Waals surface area contributed by atoms with Crippen molar-refractivity contribution in [1.29, 1.82) is 0 Å². The van der Waals surface area contributed by atoms with Gasteiger partial charge in [-0.15, -0.1) is 0 Å². The fraction of sp³-hybridized carbons (Fsp3) is 0.273. The molecule has 0 radical (unpaired) electrons. The molecule has 1 fully saturated rings. The molecule has 148 valence electrons. The van der Waals surface area contributed by atoms with Crippen molar-refractivity contribution in [2.45, 2.75) is 6.42 Å². The smallest absolute Gasteiger partial charge is 0.173 e. The van der Waals surface area contributed by atoms with E-state index in [1.54, 1.807) is 23.7 Å². The van der Waals surface area contributed by atoms with Crippen LogP contribution in [-0.4, -0.2) is 53.5 Å². The van der Waals surface area contributed by atoms with E-state index in [4.69, 9.17) is 4.74 Å². The molecule has 0 bridgehead atoms. The number of anilines is 1. The molecule has 3 aromatic rings. The van der Waals surface area contributed by atoms with E-state index in [9.17, 15) is 4.39 Å². The van der Waals surface area contributed by atoms with Gasteiger partial charge in [0.25, 0.3) is 0 Å². The zero-order valence-electron chi connectivity index (χ0n) is 16.3. The minimum atomic E-state index is -0.349. The first-order valence-electron chi connectivity index (χ1n) is 9.68. The maximum atomic E-state index is 14.9. The zero-order chi connectivity index (χ0) is 20.0. The number of ether oxygens (including phenoxy) is 1. The highest BCUT2D eigenvalue weighted by Gasteiger charge is 2.20. The van der Waals surface area contributed by atoms with Crippen molar-refractivity contribution in [3.05, 3.63) is 60.3 Å². The molecule has 0 atom stereocenters. The zero-order valence-corrected chi connectivity index (χ0v) is 16.3. The topological polar surface area (TPSA) is 54.2 Å². The fourth-order valence-electron chi connectivity index (χ4n) is 3.97. The predicted octanol–water partition coefficient (Wildman–Crippen LogP) is 3.44. The van der Waals surface area contributed by atoms with Crippen LogP contribution >= 0.6 is 0 Å². The number of pyridine rings is 1. The third-order valence-electron chi connectivity index (χ3n) is 5.59. The van der Waals surface area contributed by atoms with Crippen LogP contribution in [0.15, 0.2) is 48.2 Å². The Balaban J connectivity index is 1.55. The van der Waals surface area contributed by atoms with Crippen molar-refractivity contribution in [3.63, 3.8) is 0 Å². The summed E-state index contributed by atoms with van der Waals surface area (Å²) in [6.07, 6.45) is 4.39. The van der Waals surface area contributed by atoms with Crippen molar-refractivity contribution < 1.29 is 9.13 Å². The standard InChI is InChI=1S/C22H22FN5O/c1-14(27-5-7-29-8-6-27)20-12-25-22-18(23)10-17(13-28(20)22)15-3-4-19-16(9-15)11-21(24-2)26-19/h3-4,9-10,12-13H,1,5-8,11H2,2H3,(H,24,26). The van der Waals surface area contributed by atoms with Gasteiger partial charge in [-0.05, 0) is 29.3 Å². The number of imidazole rings is 1. The van der Waals surface area contributed by atoms with E-state index in [2.05, 4.69) is 32.8 Å². The average Bonchev–Trinajstić information content (AvgIpc) is 3.37. The van der Waals surface area contributed by atoms with Gasteiger partial charge in [0, 0.05) is 44.0 Å². The summed E-state index contributed by atoms with van der Waals surface area (Å²) >= 11 is 0. The van der Waals surface area contributed by atoms with Crippen LogP contribution in [-0.2, 0) is 11.2 Å². The first-order valence-corrected chi connectivity index (χ1v) is 9.68. The first-order chi connectivity index (χ1) is 14.1. The number of halogens is 1. The van der Waals surface area contributed by atoms with E-state index in [1.807, 2.05) is 18.3 Å². The molecule has 0 amide bonds. The van der Waals surface area contributed by atoms with Gasteiger partial charge < -0.3 is 15.0 Å². The monoisotopic (exact) mass is 391 g/mol. The number of aliphatic imine (C=N–C) groups is 1. The van der Waals surface area contributed by atoms with Crippen LogP contribution < -0.4 is 5.32 Å². The maximum Gasteiger partial charge on any atom is 0.173 e. The maximum absolute atomic E-state index is 14.9. The van der Waals surface area contributed by atoms with Crippen LogP contribution in [0.3, 0.4) is 0 Å². The molecule has 29 heavy (non-hydrogen) atoms. The molecule has 5 rings (SSSR count). The molecule has 4 heterocycles. The number of nitrogens with one attached hydrogen (secondary N) is 1. The van der Waals surface area contributed by atoms with Crippen molar-refractivity contribution in [3.8, 4) is 11.1 Å². The van der Waals surface area contributed by atoms with Crippen LogP contribution in [0, 0.1) is 5.82 Å². The molecule has 1 aromatic carbocycles. The number of nitrogens with zero attached hydrogens (tertiary/aromatic N) is 4. The Morgan fingerprint density at radius 1 is 1.24 bits per heavy atom. The third kappa shape index (κ3) is 3.07. The summed E-state index contributed by atoms with van der Waals surface area (Å²) in [5.41, 5.74) is 5.91. The van der Waals surface area contributed by atoms with Crippen LogP contribution in [0.2, 0.25) is 0 Å². The van der Waals surface area contributed by atoms with Gasteiger partial charge in [0.05, 0.1) is 30.8 Å². The normalized spacial score (nSPS) is 17.6. The Hall–Kier alpha value is -3.19. The molecule has 0 aliphatic carbocycles. The Labute approximate surface area is 168 Å². The molecule has 7 heteroatoms. The lowest BCUT2D eigenvalue weighted by atomic mass is 10.0. The minimum absolute atomic E-state index is 0.307. The SMILES string of the molecule is C=C(c1cnc2c(F)cc(-c3ccc4c(c3)CC(=NC)N4)cn12)N1CCOCC1. The number of amidine groups is 1. The van der Waals surface area contributed by atoms with E-state index >= 15 is 0 Å². The van der Waals surface area contributed by atoms with E-state index < -0.39 is 0 Å². The molecule has 1 N–H and O–H groups in total. The second kappa shape index (κ2) is 7.00. The second-order valence-electron chi connectivity index (χ2n) is 7.30. The number of aromatic nitrogens is 2. The lowest BCUT2D eigenvalue weighted by Gasteiger charge is -2.30. The van der Waals surface area contributed by atoms with Crippen LogP contribution in [0.1, 0.15) is 11.3 Å². The Morgan fingerprint density at radius 2 is 2.07 bits per heavy atom. The van der Waals surface area contributed by atoms with Gasteiger partial charge in [0.1, 0.15) is 5.84 Å². The van der Waals surface area contributed by atoms with Gasteiger partial charge in [-0.25, -0.2) is 9.37 Å². The molecule has 2 aromatic heterocycles. The summed E-state index contributed by atoms with van der Waals surface area (Å²) in [5.74, 6) is 0.593. The molecular weight excluding hydrogens is 369 g/mol. The number of hydrogen-bond donors (Lipinski definition) is 1. The van der Waals surface area contributed by atoms with Gasteiger partial charge in [-0.2, -0.15) is 0 Å². The number of rotatable bonds is 3. The molecule has 1 saturated heterocycles. The predicted molar refractivity (Wildman–Crippen MR) is 113 cm³/mol. The van der Waals surface area contributed by atoms with Gasteiger partial charge >= 0.3 is 0 Å². The number of fused-ring (bicyclic) bond motifs is 2. The van der Waals surface area contributed by atoms with E-state index in [0.29, 0.717) is 18.9 Å². The van der Waals surface area contributed by atoms with Crippen LogP contribution in [0.25, 0.3) is 22.5 Å². The Kier molecular flexibility index (Phi) is 4.32. The number of benzene rings is 1. The van der Waals surface area contributed by atoms with Crippen LogP contribution in [0.4, 0.5) is 10.1 Å². The van der Waals surface area contributed by atoms with E-state index in [1.165, 1.54) is 0 Å². The lowest BCUT2D eigenvalue weighted by molar-refractivity contribution is 0.0639. The molecule has 0 saturated carbocycles. The molecule has 6 nitrogen and oxygen atoms in total. The minimum Gasteiger partial charge on any atom is -0.378 e. The summed E-state index contributed by atoms with van der Waals surface area (Å²) in [7, 11) is 1.78. The van der Waals surface area contributed by atoms with Crippen molar-refractivity contribution >= 4 is 22.9 Å². The molecule has 2 aliphatic rings. The fourth-order valence-corrected chi connectivity index (χ4v) is 3.97. The summed E-state index contributed by atoms with van der Waals surface area (Å²) in [5, 5.41) is 3.29. The first kappa shape index (κ1) is 17.9. The largest absolute Gasteiger partial charge is 0.378 e. The summed E-state index contributed by atoms with van der Waals surface area (Å²) in [6, 6.07) is 7.65. The summed E-state index contributed by atoms with van der Waals surface area (Å²) in [4.78, 5) is 10.7. The Bertz CT molecular complexity index is 1140. The van der Waals surface area contributed by atoms with Crippen molar-refractivity contribution in [2.24, 2.45) is 4.99 Å². The Morgan fingerprint density at radius 3 is 2.86 bits per heavy atom. The molecule has 0 unspecified atom stereocenters. The molecular formula is C22H22FN5O. The molecule has 2 aliphatic heterocycles. The van der Waals surface area contributed by atoms with Crippen molar-refractivity contribution in [1.82, 2.24) is 14.3 Å². The average molecular weight is 391 g/mol. The van der Waals surface area contributed by atoms with Crippen molar-refractivity contribution in [2.75, 3.05) is 38.7 Å². The lowest BCUT2D eigenvalue weighted by Crippen LogP contribution is -2.34. The van der Waals surface area contributed by atoms with Gasteiger partial charge in [0.15, 0.2) is 11.5 Å². The quantitative estimate of drug-likeness (QED) is 0.743. The summed E-state index contributed by atoms with van der Waals surface area (Å²) in [6.45, 7) is 7.11. The second-order valence-corrected chi connectivity index (χ2v) is 7.30. The van der Waals surface area contributed by atoms with Gasteiger partial charge in [0.2, 0.25) is 0 Å². The highest BCUT2D eigenvalue weighted by atomic mass is 19.1. The highest BCUT2D eigenvalue weighted by Crippen LogP contribution is 2.31. The molecule has 0 spiro atoms. The van der Waals surface area contributed by atoms with Gasteiger partial charge in [-0.3, -0.25) is 9.39 Å². The van der Waals surface area contributed by atoms with E-state index in [0.717, 1.165) is 59.1 Å². The third-order valence-corrected chi connectivity index (χ3v) is 5.59.